The SMILES string of the molecule is Cc1cc(C)c(C(N)=O)c(-c2ccsc2)n1. The van der Waals surface area contributed by atoms with Crippen LogP contribution < -0.4 is 5.73 Å². The van der Waals surface area contributed by atoms with Crippen LogP contribution in [0.1, 0.15) is 21.6 Å². The third-order valence-electron chi connectivity index (χ3n) is 2.39. The number of rotatable bonds is 2. The maximum atomic E-state index is 11.4. The lowest BCUT2D eigenvalue weighted by molar-refractivity contribution is 0.1000. The van der Waals surface area contributed by atoms with Crippen LogP contribution in [-0.2, 0) is 0 Å². The van der Waals surface area contributed by atoms with Crippen LogP contribution in [0, 0.1) is 13.8 Å². The molecular formula is C12H12N2OS. The van der Waals surface area contributed by atoms with E-state index >= 15 is 0 Å². The first-order chi connectivity index (χ1) is 7.59. The second kappa shape index (κ2) is 4.06. The van der Waals surface area contributed by atoms with E-state index in [1.807, 2.05) is 36.7 Å². The summed E-state index contributed by atoms with van der Waals surface area (Å²) in [6.45, 7) is 3.79. The zero-order chi connectivity index (χ0) is 11.7. The van der Waals surface area contributed by atoms with Crippen molar-refractivity contribution in [2.45, 2.75) is 13.8 Å². The van der Waals surface area contributed by atoms with Crippen LogP contribution in [0.4, 0.5) is 0 Å². The van der Waals surface area contributed by atoms with Gasteiger partial charge >= 0.3 is 0 Å². The highest BCUT2D eigenvalue weighted by molar-refractivity contribution is 7.08. The molecule has 2 aromatic heterocycles. The number of aryl methyl sites for hydroxylation is 2. The molecule has 4 heteroatoms. The Hall–Kier alpha value is -1.68. The summed E-state index contributed by atoms with van der Waals surface area (Å²) in [5, 5.41) is 3.92. The molecule has 0 aromatic carbocycles. The second-order valence-corrected chi connectivity index (χ2v) is 4.46. The highest BCUT2D eigenvalue weighted by atomic mass is 32.1. The molecule has 2 rings (SSSR count). The van der Waals surface area contributed by atoms with Crippen LogP contribution in [0.15, 0.2) is 22.9 Å². The Bertz CT molecular complexity index is 532. The van der Waals surface area contributed by atoms with Gasteiger partial charge in [-0.2, -0.15) is 11.3 Å². The highest BCUT2D eigenvalue weighted by Crippen LogP contribution is 2.26. The average molecular weight is 232 g/mol. The van der Waals surface area contributed by atoms with Crippen LogP contribution in [-0.4, -0.2) is 10.9 Å². The van der Waals surface area contributed by atoms with Crippen molar-refractivity contribution >= 4 is 17.2 Å². The van der Waals surface area contributed by atoms with E-state index in [-0.39, 0.29) is 0 Å². The molecule has 0 bridgehead atoms. The van der Waals surface area contributed by atoms with Crippen LogP contribution >= 0.6 is 11.3 Å². The van der Waals surface area contributed by atoms with Crippen LogP contribution in [0.2, 0.25) is 0 Å². The third-order valence-corrected chi connectivity index (χ3v) is 3.07. The highest BCUT2D eigenvalue weighted by Gasteiger charge is 2.15. The number of hydrogen-bond acceptors (Lipinski definition) is 3. The van der Waals surface area contributed by atoms with Gasteiger partial charge in [-0.25, -0.2) is 0 Å². The van der Waals surface area contributed by atoms with E-state index in [4.69, 9.17) is 5.73 Å². The van der Waals surface area contributed by atoms with Gasteiger partial charge in [0.25, 0.3) is 5.91 Å². The topological polar surface area (TPSA) is 56.0 Å². The van der Waals surface area contributed by atoms with Gasteiger partial charge in [-0.1, -0.05) is 0 Å². The quantitative estimate of drug-likeness (QED) is 0.865. The number of amides is 1. The van der Waals surface area contributed by atoms with Gasteiger partial charge in [-0.15, -0.1) is 0 Å². The van der Waals surface area contributed by atoms with Crippen molar-refractivity contribution in [3.63, 3.8) is 0 Å². The van der Waals surface area contributed by atoms with Crippen molar-refractivity contribution in [1.82, 2.24) is 4.98 Å². The summed E-state index contributed by atoms with van der Waals surface area (Å²) in [4.78, 5) is 15.8. The van der Waals surface area contributed by atoms with Crippen molar-refractivity contribution in [3.05, 3.63) is 39.7 Å². The van der Waals surface area contributed by atoms with Crippen molar-refractivity contribution in [1.29, 1.82) is 0 Å². The van der Waals surface area contributed by atoms with E-state index in [0.717, 1.165) is 16.8 Å². The first kappa shape index (κ1) is 10.8. The minimum atomic E-state index is -0.425. The summed E-state index contributed by atoms with van der Waals surface area (Å²) in [5.41, 5.74) is 9.32. The molecular weight excluding hydrogens is 220 g/mol. The van der Waals surface area contributed by atoms with E-state index in [0.29, 0.717) is 11.3 Å². The fraction of sp³-hybridized carbons (Fsp3) is 0.167. The number of nitrogens with zero attached hydrogens (tertiary/aromatic N) is 1. The predicted octanol–water partition coefficient (Wildman–Crippen LogP) is 2.53. The molecule has 2 aromatic rings. The summed E-state index contributed by atoms with van der Waals surface area (Å²) in [6.07, 6.45) is 0. The van der Waals surface area contributed by atoms with Crippen LogP contribution in [0.3, 0.4) is 0 Å². The average Bonchev–Trinajstić information content (AvgIpc) is 2.67. The summed E-state index contributed by atoms with van der Waals surface area (Å²) >= 11 is 1.57. The molecule has 0 spiro atoms. The normalized spacial score (nSPS) is 10.4. The molecule has 1 amide bonds. The largest absolute Gasteiger partial charge is 0.366 e. The van der Waals surface area contributed by atoms with Gasteiger partial charge in [0.2, 0.25) is 0 Å². The molecule has 0 saturated carbocycles. The molecule has 16 heavy (non-hydrogen) atoms. The summed E-state index contributed by atoms with van der Waals surface area (Å²) in [6, 6.07) is 3.81. The summed E-state index contributed by atoms with van der Waals surface area (Å²) in [7, 11) is 0. The number of pyridine rings is 1. The number of primary amides is 1. The number of carbonyl (C=O) groups excluding carboxylic acids is 1. The van der Waals surface area contributed by atoms with Gasteiger partial charge in [0.15, 0.2) is 0 Å². The monoisotopic (exact) mass is 232 g/mol. The van der Waals surface area contributed by atoms with Gasteiger partial charge in [0, 0.05) is 16.6 Å². The molecule has 0 aliphatic heterocycles. The first-order valence-electron chi connectivity index (χ1n) is 4.90. The number of hydrogen-bond donors (Lipinski definition) is 1. The number of thiophene rings is 1. The number of aromatic nitrogens is 1. The lowest BCUT2D eigenvalue weighted by atomic mass is 10.0. The van der Waals surface area contributed by atoms with Crippen molar-refractivity contribution in [2.75, 3.05) is 0 Å². The Morgan fingerprint density at radius 3 is 2.75 bits per heavy atom. The summed E-state index contributed by atoms with van der Waals surface area (Å²) < 4.78 is 0. The lowest BCUT2D eigenvalue weighted by Gasteiger charge is -2.09. The Balaban J connectivity index is 2.72. The number of nitrogens with two attached hydrogens (primary N) is 1. The molecule has 2 N–H and O–H groups in total. The Morgan fingerprint density at radius 1 is 1.44 bits per heavy atom. The Labute approximate surface area is 97.9 Å². The van der Waals surface area contributed by atoms with E-state index in [1.54, 1.807) is 11.3 Å². The van der Waals surface area contributed by atoms with E-state index < -0.39 is 5.91 Å². The zero-order valence-electron chi connectivity index (χ0n) is 9.15. The molecule has 82 valence electrons. The van der Waals surface area contributed by atoms with Crippen molar-refractivity contribution in [2.24, 2.45) is 5.73 Å². The third kappa shape index (κ3) is 1.84. The van der Waals surface area contributed by atoms with Gasteiger partial charge in [-0.05, 0) is 36.9 Å². The maximum absolute atomic E-state index is 11.4. The standard InChI is InChI=1S/C12H12N2OS/c1-7-5-8(2)14-11(10(7)12(13)15)9-3-4-16-6-9/h3-6H,1-2H3,(H2,13,15). The van der Waals surface area contributed by atoms with Crippen molar-refractivity contribution in [3.8, 4) is 11.3 Å². The smallest absolute Gasteiger partial charge is 0.251 e. The van der Waals surface area contributed by atoms with E-state index in [9.17, 15) is 4.79 Å². The van der Waals surface area contributed by atoms with Crippen LogP contribution in [0.25, 0.3) is 11.3 Å². The minimum Gasteiger partial charge on any atom is -0.366 e. The summed E-state index contributed by atoms with van der Waals surface area (Å²) in [5.74, 6) is -0.425. The first-order valence-corrected chi connectivity index (χ1v) is 5.84. The second-order valence-electron chi connectivity index (χ2n) is 3.68. The maximum Gasteiger partial charge on any atom is 0.251 e. The molecule has 0 aliphatic rings. The fourth-order valence-electron chi connectivity index (χ4n) is 1.76. The predicted molar refractivity (Wildman–Crippen MR) is 65.5 cm³/mol. The minimum absolute atomic E-state index is 0.425. The Morgan fingerprint density at radius 2 is 2.19 bits per heavy atom. The molecule has 0 fully saturated rings. The molecule has 2 heterocycles. The fourth-order valence-corrected chi connectivity index (χ4v) is 2.40. The molecule has 0 aliphatic carbocycles. The lowest BCUT2D eigenvalue weighted by Crippen LogP contribution is -2.15. The van der Waals surface area contributed by atoms with Gasteiger partial charge in [0.1, 0.15) is 0 Å². The van der Waals surface area contributed by atoms with Gasteiger partial charge in [0.05, 0.1) is 11.3 Å². The van der Waals surface area contributed by atoms with E-state index in [1.165, 1.54) is 0 Å². The zero-order valence-corrected chi connectivity index (χ0v) is 9.97. The van der Waals surface area contributed by atoms with Crippen molar-refractivity contribution < 1.29 is 4.79 Å². The molecule has 3 nitrogen and oxygen atoms in total. The Kier molecular flexibility index (Phi) is 2.75. The van der Waals surface area contributed by atoms with Crippen LogP contribution in [0.5, 0.6) is 0 Å². The molecule has 0 radical (unpaired) electrons. The molecule has 0 unspecified atom stereocenters. The molecule has 0 saturated heterocycles. The molecule has 0 atom stereocenters. The van der Waals surface area contributed by atoms with E-state index in [2.05, 4.69) is 4.98 Å². The number of carbonyl (C=O) groups is 1. The van der Waals surface area contributed by atoms with Gasteiger partial charge in [-0.3, -0.25) is 9.78 Å². The van der Waals surface area contributed by atoms with Gasteiger partial charge < -0.3 is 5.73 Å².